The van der Waals surface area contributed by atoms with Gasteiger partial charge < -0.3 is 25.8 Å². The van der Waals surface area contributed by atoms with Crippen molar-refractivity contribution in [3.63, 3.8) is 0 Å². The smallest absolute Gasteiger partial charge is 0.331 e. The van der Waals surface area contributed by atoms with E-state index < -0.39 is 5.97 Å². The molecule has 4 rings (SSSR count). The zero-order valence-electron chi connectivity index (χ0n) is 16.6. The van der Waals surface area contributed by atoms with E-state index in [1.807, 2.05) is 6.08 Å². The predicted octanol–water partition coefficient (Wildman–Crippen LogP) is 1.94. The molecular weight excluding hydrogens is 358 g/mol. The number of ether oxygens (including phenoxy) is 1. The van der Waals surface area contributed by atoms with Gasteiger partial charge in [0.25, 0.3) is 0 Å². The predicted molar refractivity (Wildman–Crippen MR) is 104 cm³/mol. The Kier molecular flexibility index (Phi) is 6.12. The first-order chi connectivity index (χ1) is 13.5. The first-order valence-corrected chi connectivity index (χ1v) is 11.1. The largest absolute Gasteiger partial charge is 0.478 e. The van der Waals surface area contributed by atoms with E-state index in [0.29, 0.717) is 36.3 Å². The van der Waals surface area contributed by atoms with Crippen molar-refractivity contribution in [2.45, 2.75) is 69.7 Å². The molecule has 6 nitrogen and oxygen atoms in total. The quantitative estimate of drug-likeness (QED) is 0.581. The maximum atomic E-state index is 12.1. The summed E-state index contributed by atoms with van der Waals surface area (Å²) in [5.41, 5.74) is 6.57. The first kappa shape index (κ1) is 20.3. The summed E-state index contributed by atoms with van der Waals surface area (Å²) >= 11 is 0. The number of carbonyl (C=O) groups is 1. The Hall–Kier alpha value is -0.950. The molecule has 6 heteroatoms. The molecule has 28 heavy (non-hydrogen) atoms. The third kappa shape index (κ3) is 3.64. The van der Waals surface area contributed by atoms with Crippen molar-refractivity contribution in [3.05, 3.63) is 11.6 Å². The zero-order valence-corrected chi connectivity index (χ0v) is 16.6. The van der Waals surface area contributed by atoms with E-state index in [4.69, 9.17) is 10.5 Å². The number of aliphatic hydroxyl groups is 2. The van der Waals surface area contributed by atoms with Crippen LogP contribution >= 0.6 is 0 Å². The molecule has 0 aromatic carbocycles. The molecule has 0 aromatic heterocycles. The number of fused-ring (bicyclic) bond motifs is 2. The van der Waals surface area contributed by atoms with Gasteiger partial charge >= 0.3 is 5.97 Å². The van der Waals surface area contributed by atoms with Crippen molar-refractivity contribution in [1.29, 1.82) is 0 Å². The zero-order chi connectivity index (χ0) is 19.8. The van der Waals surface area contributed by atoms with Crippen LogP contribution in [0.5, 0.6) is 0 Å². The van der Waals surface area contributed by atoms with Gasteiger partial charge in [-0.3, -0.25) is 0 Å². The Morgan fingerprint density at radius 2 is 1.96 bits per heavy atom. The van der Waals surface area contributed by atoms with Gasteiger partial charge in [-0.2, -0.15) is 0 Å². The Labute approximate surface area is 167 Å². The Bertz CT molecular complexity index is 608. The minimum atomic E-state index is -0.843. The molecule has 2 saturated carbocycles. The highest BCUT2D eigenvalue weighted by molar-refractivity contribution is 5.87. The lowest BCUT2D eigenvalue weighted by Gasteiger charge is -2.56. The van der Waals surface area contributed by atoms with Crippen molar-refractivity contribution in [1.82, 2.24) is 0 Å². The van der Waals surface area contributed by atoms with Gasteiger partial charge in [-0.1, -0.05) is 12.5 Å². The third-order valence-corrected chi connectivity index (χ3v) is 8.05. The molecule has 158 valence electrons. The number of carboxylic acid groups (broad SMARTS) is 1. The van der Waals surface area contributed by atoms with Gasteiger partial charge in [-0.15, -0.1) is 0 Å². The average Bonchev–Trinajstić information content (AvgIpc) is 2.71. The van der Waals surface area contributed by atoms with Crippen molar-refractivity contribution in [2.24, 2.45) is 41.2 Å². The van der Waals surface area contributed by atoms with Crippen molar-refractivity contribution < 1.29 is 24.9 Å². The molecule has 0 radical (unpaired) electrons. The van der Waals surface area contributed by atoms with Crippen LogP contribution in [-0.2, 0) is 9.53 Å². The minimum Gasteiger partial charge on any atom is -0.478 e. The summed E-state index contributed by atoms with van der Waals surface area (Å²) in [6.07, 6.45) is 8.84. The number of nitrogens with two attached hydrogens (primary N) is 1. The summed E-state index contributed by atoms with van der Waals surface area (Å²) in [5, 5.41) is 29.7. The molecule has 3 fully saturated rings. The Morgan fingerprint density at radius 3 is 2.68 bits per heavy atom. The number of aliphatic carboxylic acids is 1. The van der Waals surface area contributed by atoms with Crippen LogP contribution < -0.4 is 5.73 Å². The fourth-order valence-electron chi connectivity index (χ4n) is 6.80. The van der Waals surface area contributed by atoms with Crippen LogP contribution in [0.2, 0.25) is 0 Å². The molecule has 3 aliphatic carbocycles. The highest BCUT2D eigenvalue weighted by Crippen LogP contribution is 2.54. The molecule has 0 spiro atoms. The van der Waals surface area contributed by atoms with Crippen LogP contribution in [0.4, 0.5) is 0 Å². The average molecular weight is 394 g/mol. The summed E-state index contributed by atoms with van der Waals surface area (Å²) in [4.78, 5) is 12.1. The molecule has 0 aromatic rings. The van der Waals surface area contributed by atoms with Crippen molar-refractivity contribution >= 4 is 5.97 Å². The van der Waals surface area contributed by atoms with E-state index in [9.17, 15) is 20.1 Å². The number of rotatable bonds is 4. The summed E-state index contributed by atoms with van der Waals surface area (Å²) < 4.78 is 6.58. The Morgan fingerprint density at radius 1 is 1.14 bits per heavy atom. The number of aliphatic hydroxyl groups excluding tert-OH is 2. The standard InChI is InChI=1S/C22H35NO5/c23-10-13-2-1-3-17-20(15-6-4-12(11-24)8-18(15)22(26)27)16-7-5-14(25)9-19(16)28-21(13)17/h8,12-17,19-21,24-25H,1-7,9-11,23H2,(H,26,27)/t12-,13+,14?,15?,16?,17?,19+,20?,21?/m0/s1. The summed E-state index contributed by atoms with van der Waals surface area (Å²) in [7, 11) is 0. The van der Waals surface area contributed by atoms with Gasteiger partial charge in [0.2, 0.25) is 0 Å². The molecule has 1 aliphatic heterocycles. The first-order valence-electron chi connectivity index (χ1n) is 11.1. The van der Waals surface area contributed by atoms with Crippen LogP contribution in [0.3, 0.4) is 0 Å². The molecule has 5 N–H and O–H groups in total. The van der Waals surface area contributed by atoms with E-state index in [1.165, 1.54) is 0 Å². The molecule has 0 bridgehead atoms. The highest BCUT2D eigenvalue weighted by Gasteiger charge is 2.53. The van der Waals surface area contributed by atoms with E-state index in [-0.39, 0.29) is 42.7 Å². The highest BCUT2D eigenvalue weighted by atomic mass is 16.5. The van der Waals surface area contributed by atoms with Crippen LogP contribution in [0.25, 0.3) is 0 Å². The monoisotopic (exact) mass is 393 g/mol. The molecular formula is C22H35NO5. The maximum absolute atomic E-state index is 12.1. The second kappa shape index (κ2) is 8.42. The number of carboxylic acids is 1. The summed E-state index contributed by atoms with van der Waals surface area (Å²) in [6.45, 7) is 0.615. The second-order valence-electron chi connectivity index (χ2n) is 9.49. The molecule has 9 atom stereocenters. The number of hydrogen-bond donors (Lipinski definition) is 4. The number of hydrogen-bond acceptors (Lipinski definition) is 5. The van der Waals surface area contributed by atoms with Crippen LogP contribution in [0, 0.1) is 35.5 Å². The van der Waals surface area contributed by atoms with Gasteiger partial charge in [0.05, 0.1) is 18.3 Å². The van der Waals surface area contributed by atoms with Gasteiger partial charge in [0.1, 0.15) is 0 Å². The lowest BCUT2D eigenvalue weighted by molar-refractivity contribution is -0.207. The van der Waals surface area contributed by atoms with Gasteiger partial charge in [-0.05, 0) is 81.1 Å². The van der Waals surface area contributed by atoms with Crippen LogP contribution in [0.15, 0.2) is 11.6 Å². The van der Waals surface area contributed by atoms with Crippen molar-refractivity contribution in [2.75, 3.05) is 13.2 Å². The lowest BCUT2D eigenvalue weighted by Crippen LogP contribution is -2.57. The molecule has 0 amide bonds. The summed E-state index contributed by atoms with van der Waals surface area (Å²) in [6, 6.07) is 0. The fourth-order valence-corrected chi connectivity index (χ4v) is 6.80. The molecule has 4 aliphatic rings. The van der Waals surface area contributed by atoms with Crippen molar-refractivity contribution in [3.8, 4) is 0 Å². The molecule has 1 heterocycles. The van der Waals surface area contributed by atoms with Crippen LogP contribution in [0.1, 0.15) is 51.4 Å². The van der Waals surface area contributed by atoms with E-state index in [1.54, 1.807) is 0 Å². The van der Waals surface area contributed by atoms with Gasteiger partial charge in [0, 0.05) is 18.1 Å². The normalized spacial score (nSPS) is 46.2. The van der Waals surface area contributed by atoms with E-state index in [2.05, 4.69) is 0 Å². The Balaban J connectivity index is 1.69. The van der Waals surface area contributed by atoms with E-state index >= 15 is 0 Å². The third-order valence-electron chi connectivity index (χ3n) is 8.05. The lowest BCUT2D eigenvalue weighted by atomic mass is 9.56. The molecule has 6 unspecified atom stereocenters. The maximum Gasteiger partial charge on any atom is 0.331 e. The minimum absolute atomic E-state index is 0.00719. The SMILES string of the molecule is NC[C@H]1CCCC2C(C3CC[C@H](CO)C=C3C(=O)O)C3CCC(O)C[C@H]3OC21. The molecule has 1 saturated heterocycles. The van der Waals surface area contributed by atoms with Crippen LogP contribution in [-0.4, -0.2) is 52.8 Å². The van der Waals surface area contributed by atoms with Gasteiger partial charge in [0.15, 0.2) is 0 Å². The van der Waals surface area contributed by atoms with E-state index in [0.717, 1.165) is 44.9 Å². The van der Waals surface area contributed by atoms with Gasteiger partial charge in [-0.25, -0.2) is 4.79 Å². The summed E-state index contributed by atoms with van der Waals surface area (Å²) in [5.74, 6) is 0.363. The topological polar surface area (TPSA) is 113 Å². The fraction of sp³-hybridized carbons (Fsp3) is 0.864. The second-order valence-corrected chi connectivity index (χ2v) is 9.49.